The zero-order valence-corrected chi connectivity index (χ0v) is 3.07. The second kappa shape index (κ2) is 3.62. The van der Waals surface area contributed by atoms with Crippen LogP contribution in [0.4, 0.5) is 0 Å². The molecule has 0 unspecified atom stereocenters. The van der Waals surface area contributed by atoms with E-state index in [1.807, 2.05) is 0 Å². The Morgan fingerprint density at radius 1 is 1.80 bits per heavy atom. The third kappa shape index (κ3) is 3.62. The molecular formula is C4H5B. The van der Waals surface area contributed by atoms with E-state index in [1.54, 1.807) is 0 Å². The van der Waals surface area contributed by atoms with Crippen molar-refractivity contribution < 1.29 is 0 Å². The van der Waals surface area contributed by atoms with Gasteiger partial charge in [-0.05, 0) is 0 Å². The van der Waals surface area contributed by atoms with Crippen molar-refractivity contribution in [3.05, 3.63) is 0 Å². The number of hydrogen-bond donors (Lipinski definition) is 0. The summed E-state index contributed by atoms with van der Waals surface area (Å²) in [5.41, 5.74) is 0. The minimum Gasteiger partial charge on any atom is -0.120 e. The zero-order chi connectivity index (χ0) is 4.12. The van der Waals surface area contributed by atoms with E-state index in [-0.39, 0.29) is 0 Å². The fraction of sp³-hybridized carbons (Fsp3) is 0.500. The highest BCUT2D eigenvalue weighted by Gasteiger charge is 1.61. The summed E-state index contributed by atoms with van der Waals surface area (Å²) in [6, 6.07) is 0. The molecule has 1 heteroatoms. The highest BCUT2D eigenvalue weighted by Crippen LogP contribution is 1.74. The van der Waals surface area contributed by atoms with Crippen LogP contribution in [0.25, 0.3) is 0 Å². The molecule has 24 valence electrons. The van der Waals surface area contributed by atoms with Crippen LogP contribution in [-0.2, 0) is 0 Å². The van der Waals surface area contributed by atoms with Crippen molar-refractivity contribution in [1.29, 1.82) is 0 Å². The van der Waals surface area contributed by atoms with E-state index in [4.69, 9.17) is 14.3 Å². The van der Waals surface area contributed by atoms with Gasteiger partial charge in [0.25, 0.3) is 0 Å². The lowest BCUT2D eigenvalue weighted by Crippen LogP contribution is -1.59. The van der Waals surface area contributed by atoms with E-state index in [0.29, 0.717) is 12.7 Å². The standard InChI is InChI=1S/C4H5B/c1-2-3-4-5/h1H,3-4H2. The van der Waals surface area contributed by atoms with Crippen LogP contribution in [0.5, 0.6) is 0 Å². The van der Waals surface area contributed by atoms with Gasteiger partial charge in [-0.1, -0.05) is 6.32 Å². The molecule has 0 fully saturated rings. The Kier molecular flexibility index (Phi) is 3.35. The van der Waals surface area contributed by atoms with Gasteiger partial charge in [0.2, 0.25) is 0 Å². The number of terminal acetylenes is 1. The molecular weight excluding hydrogens is 58.9 g/mol. The Morgan fingerprint density at radius 2 is 2.40 bits per heavy atom. The summed E-state index contributed by atoms with van der Waals surface area (Å²) in [5.74, 6) is 2.39. The third-order valence-electron chi connectivity index (χ3n) is 0.289. The molecule has 0 nitrogen and oxygen atoms in total. The van der Waals surface area contributed by atoms with Gasteiger partial charge in [-0.25, -0.2) is 0 Å². The van der Waals surface area contributed by atoms with Crippen LogP contribution in [0.1, 0.15) is 6.42 Å². The van der Waals surface area contributed by atoms with E-state index in [0.717, 1.165) is 0 Å². The molecule has 0 heterocycles. The van der Waals surface area contributed by atoms with Gasteiger partial charge in [0.15, 0.2) is 0 Å². The lowest BCUT2D eigenvalue weighted by molar-refractivity contribution is 1.27. The van der Waals surface area contributed by atoms with Crippen LogP contribution in [0.2, 0.25) is 6.32 Å². The monoisotopic (exact) mass is 64.0 g/mol. The van der Waals surface area contributed by atoms with E-state index in [1.165, 1.54) is 0 Å². The maximum atomic E-state index is 5.00. The normalized spacial score (nSPS) is 6.20. The zero-order valence-electron chi connectivity index (χ0n) is 3.07. The molecule has 0 aromatic rings. The van der Waals surface area contributed by atoms with Crippen LogP contribution >= 0.6 is 0 Å². The maximum absolute atomic E-state index is 5.00. The summed E-state index contributed by atoms with van der Waals surface area (Å²) >= 11 is 0. The van der Waals surface area contributed by atoms with Crippen molar-refractivity contribution >= 4 is 7.85 Å². The molecule has 0 atom stereocenters. The molecule has 0 N–H and O–H groups in total. The second-order valence-electron chi connectivity index (χ2n) is 0.743. The molecule has 0 saturated carbocycles. The van der Waals surface area contributed by atoms with E-state index < -0.39 is 0 Å². The molecule has 5 heavy (non-hydrogen) atoms. The minimum absolute atomic E-state index is 0.608. The smallest absolute Gasteiger partial charge is 0.0665 e. The third-order valence-corrected chi connectivity index (χ3v) is 0.289. The van der Waals surface area contributed by atoms with Crippen LogP contribution in [0.3, 0.4) is 0 Å². The largest absolute Gasteiger partial charge is 0.120 e. The van der Waals surface area contributed by atoms with E-state index in [2.05, 4.69) is 5.92 Å². The predicted molar refractivity (Wildman–Crippen MR) is 24.0 cm³/mol. The minimum atomic E-state index is 0.608. The number of hydrogen-bond acceptors (Lipinski definition) is 0. The molecule has 0 amide bonds. The Morgan fingerprint density at radius 3 is 2.40 bits per heavy atom. The first-order chi connectivity index (χ1) is 2.41. The predicted octanol–water partition coefficient (Wildman–Crippen LogP) is 0.597. The lowest BCUT2D eigenvalue weighted by atomic mass is 10.0. The van der Waals surface area contributed by atoms with Gasteiger partial charge in [-0.2, -0.15) is 0 Å². The molecule has 0 aromatic heterocycles. The van der Waals surface area contributed by atoms with Gasteiger partial charge < -0.3 is 0 Å². The Balaban J connectivity index is 2.48. The van der Waals surface area contributed by atoms with E-state index in [9.17, 15) is 0 Å². The molecule has 0 rings (SSSR count). The molecule has 0 aliphatic rings. The molecule has 0 saturated heterocycles. The lowest BCUT2D eigenvalue weighted by Gasteiger charge is -1.69. The van der Waals surface area contributed by atoms with Crippen molar-refractivity contribution in [3.8, 4) is 12.3 Å². The summed E-state index contributed by atoms with van der Waals surface area (Å²) in [5, 5.41) is 0. The van der Waals surface area contributed by atoms with Crippen LogP contribution in [0, 0.1) is 12.3 Å². The summed E-state index contributed by atoms with van der Waals surface area (Å²) in [6.45, 7) is 0. The van der Waals surface area contributed by atoms with Crippen molar-refractivity contribution in [3.63, 3.8) is 0 Å². The van der Waals surface area contributed by atoms with Gasteiger partial charge in [-0.15, -0.1) is 12.3 Å². The summed E-state index contributed by atoms with van der Waals surface area (Å²) in [7, 11) is 5.00. The first-order valence-electron chi connectivity index (χ1n) is 1.55. The average molecular weight is 63.9 g/mol. The van der Waals surface area contributed by atoms with Crippen molar-refractivity contribution in [2.75, 3.05) is 0 Å². The summed E-state index contributed by atoms with van der Waals surface area (Å²) < 4.78 is 0. The first kappa shape index (κ1) is 4.62. The van der Waals surface area contributed by atoms with Gasteiger partial charge in [-0.3, -0.25) is 0 Å². The molecule has 0 spiro atoms. The van der Waals surface area contributed by atoms with Crippen molar-refractivity contribution in [2.45, 2.75) is 12.7 Å². The second-order valence-corrected chi connectivity index (χ2v) is 0.743. The van der Waals surface area contributed by atoms with Gasteiger partial charge in [0.05, 0.1) is 7.85 Å². The van der Waals surface area contributed by atoms with Crippen molar-refractivity contribution in [1.82, 2.24) is 0 Å². The Bertz CT molecular complexity index is 42.1. The fourth-order valence-corrected chi connectivity index (χ4v) is 0.0833. The highest BCUT2D eigenvalue weighted by molar-refractivity contribution is 6.08. The van der Waals surface area contributed by atoms with Crippen LogP contribution < -0.4 is 0 Å². The van der Waals surface area contributed by atoms with Gasteiger partial charge in [0, 0.05) is 6.42 Å². The van der Waals surface area contributed by atoms with E-state index >= 15 is 0 Å². The van der Waals surface area contributed by atoms with Gasteiger partial charge in [0.1, 0.15) is 0 Å². The van der Waals surface area contributed by atoms with Crippen molar-refractivity contribution in [2.24, 2.45) is 0 Å². The van der Waals surface area contributed by atoms with Crippen LogP contribution in [0.15, 0.2) is 0 Å². The molecule has 0 aromatic carbocycles. The summed E-state index contributed by atoms with van der Waals surface area (Å²) in [4.78, 5) is 0. The molecule has 0 aliphatic carbocycles. The Hall–Kier alpha value is -0.375. The SMILES string of the molecule is [B]CCC#C. The van der Waals surface area contributed by atoms with Gasteiger partial charge >= 0.3 is 0 Å². The Labute approximate surface area is 34.0 Å². The summed E-state index contributed by atoms with van der Waals surface area (Å²) in [6.07, 6.45) is 6.11. The maximum Gasteiger partial charge on any atom is 0.0665 e. The average Bonchev–Trinajstić information content (AvgIpc) is 1.41. The molecule has 2 radical (unpaired) electrons. The molecule has 0 aliphatic heterocycles. The van der Waals surface area contributed by atoms with Crippen LogP contribution in [-0.4, -0.2) is 7.85 Å². The first-order valence-corrected chi connectivity index (χ1v) is 1.55. The topological polar surface area (TPSA) is 0 Å². The highest BCUT2D eigenvalue weighted by atomic mass is 13.6. The molecule has 0 bridgehead atoms. The number of rotatable bonds is 1. The fourth-order valence-electron chi connectivity index (χ4n) is 0.0833. The quantitative estimate of drug-likeness (QED) is 0.309.